The molecule has 0 spiro atoms. The Balaban J connectivity index is 1.18. The van der Waals surface area contributed by atoms with Gasteiger partial charge in [0.2, 0.25) is 0 Å². The van der Waals surface area contributed by atoms with E-state index in [0.717, 1.165) is 60.8 Å². The highest BCUT2D eigenvalue weighted by Crippen LogP contribution is 2.35. The van der Waals surface area contributed by atoms with Gasteiger partial charge in [-0.05, 0) is 79.5 Å². The van der Waals surface area contributed by atoms with Gasteiger partial charge in [-0.3, -0.25) is 9.36 Å². The number of aromatic nitrogens is 2. The second kappa shape index (κ2) is 8.50. The lowest BCUT2D eigenvalue weighted by Crippen LogP contribution is -2.35. The van der Waals surface area contributed by atoms with Gasteiger partial charge in [0.05, 0.1) is 11.7 Å². The van der Waals surface area contributed by atoms with Crippen LogP contribution in [0.25, 0.3) is 10.2 Å². The number of benzene rings is 2. The first kappa shape index (κ1) is 20.8. The van der Waals surface area contributed by atoms with Crippen molar-refractivity contribution in [3.63, 3.8) is 0 Å². The summed E-state index contributed by atoms with van der Waals surface area (Å²) in [5.74, 6) is -0.193. The summed E-state index contributed by atoms with van der Waals surface area (Å²) < 4.78 is 15.0. The van der Waals surface area contributed by atoms with E-state index < -0.39 is 0 Å². The van der Waals surface area contributed by atoms with Crippen LogP contribution in [0.5, 0.6) is 0 Å². The maximum atomic E-state index is 13.5. The second-order valence-corrected chi connectivity index (χ2v) is 10.3. The Labute approximate surface area is 196 Å². The molecule has 0 bridgehead atoms. The summed E-state index contributed by atoms with van der Waals surface area (Å²) in [5, 5.41) is 4.51. The van der Waals surface area contributed by atoms with Crippen LogP contribution in [0.2, 0.25) is 0 Å². The zero-order valence-electron chi connectivity index (χ0n) is 18.4. The van der Waals surface area contributed by atoms with Gasteiger partial charge in [0.15, 0.2) is 0 Å². The number of nitrogens with zero attached hydrogens (tertiary/aromatic N) is 2. The molecule has 2 aromatic carbocycles. The van der Waals surface area contributed by atoms with E-state index in [9.17, 15) is 9.18 Å². The average molecular weight is 460 g/mol. The molecule has 1 N–H and O–H groups in total. The lowest BCUT2D eigenvalue weighted by molar-refractivity contribution is 0.466. The number of hydrogen-bond acceptors (Lipinski definition) is 4. The Morgan fingerprint density at radius 2 is 1.82 bits per heavy atom. The van der Waals surface area contributed by atoms with E-state index in [4.69, 9.17) is 4.98 Å². The van der Waals surface area contributed by atoms with Crippen molar-refractivity contribution < 1.29 is 4.39 Å². The maximum absolute atomic E-state index is 13.5. The van der Waals surface area contributed by atoms with Crippen molar-refractivity contribution >= 4 is 21.6 Å². The molecule has 0 saturated heterocycles. The van der Waals surface area contributed by atoms with Crippen molar-refractivity contribution in [1.29, 1.82) is 0 Å². The Kier molecular flexibility index (Phi) is 5.35. The first-order chi connectivity index (χ1) is 16.2. The summed E-state index contributed by atoms with van der Waals surface area (Å²) in [7, 11) is 0. The monoisotopic (exact) mass is 459 g/mol. The summed E-state index contributed by atoms with van der Waals surface area (Å²) in [6.45, 7) is 0.865. The molecule has 0 radical (unpaired) electrons. The molecule has 2 aliphatic carbocycles. The van der Waals surface area contributed by atoms with Gasteiger partial charge < -0.3 is 5.32 Å². The van der Waals surface area contributed by atoms with Gasteiger partial charge in [0.25, 0.3) is 5.56 Å². The smallest absolute Gasteiger partial charge is 0.262 e. The van der Waals surface area contributed by atoms with Crippen molar-refractivity contribution in [2.75, 3.05) is 6.54 Å². The molecule has 2 aromatic heterocycles. The van der Waals surface area contributed by atoms with Gasteiger partial charge in [-0.2, -0.15) is 0 Å². The Morgan fingerprint density at radius 1 is 1.06 bits per heavy atom. The number of rotatable bonds is 5. The SMILES string of the molecule is O=c1c2c3c(sc2ncn1C1Cc2ccccc2C1)CC(NCCc1ccc(F)cc1)CC3. The van der Waals surface area contributed by atoms with E-state index in [1.807, 2.05) is 16.7 Å². The fourth-order valence-corrected chi connectivity index (χ4v) is 6.68. The van der Waals surface area contributed by atoms with E-state index in [1.165, 1.54) is 33.7 Å². The standard InChI is InChI=1S/C27H26FN3OS/c28-20-7-5-17(6-8-20)11-12-29-21-9-10-23-24(15-21)33-26-25(23)27(32)31(16-30-26)22-13-18-3-1-2-4-19(18)14-22/h1-8,16,21-22,29H,9-15H2. The van der Waals surface area contributed by atoms with Crippen LogP contribution in [0.1, 0.15) is 39.6 Å². The molecule has 168 valence electrons. The van der Waals surface area contributed by atoms with E-state index in [2.05, 4.69) is 29.6 Å². The average Bonchev–Trinajstić information content (AvgIpc) is 3.42. The van der Waals surface area contributed by atoms with Crippen LogP contribution in [0.3, 0.4) is 0 Å². The van der Waals surface area contributed by atoms with Gasteiger partial charge in [-0.25, -0.2) is 9.37 Å². The van der Waals surface area contributed by atoms with Crippen molar-refractivity contribution in [2.45, 2.75) is 50.6 Å². The molecule has 6 rings (SSSR count). The zero-order chi connectivity index (χ0) is 22.4. The number of hydrogen-bond donors (Lipinski definition) is 1. The third-order valence-corrected chi connectivity index (χ3v) is 8.34. The van der Waals surface area contributed by atoms with E-state index in [0.29, 0.717) is 6.04 Å². The Bertz CT molecular complexity index is 1350. The van der Waals surface area contributed by atoms with Gasteiger partial charge in [-0.15, -0.1) is 11.3 Å². The van der Waals surface area contributed by atoms with Gasteiger partial charge in [0.1, 0.15) is 10.6 Å². The summed E-state index contributed by atoms with van der Waals surface area (Å²) in [6, 6.07) is 15.8. The molecular weight excluding hydrogens is 433 g/mol. The molecule has 4 aromatic rings. The highest BCUT2D eigenvalue weighted by Gasteiger charge is 2.28. The summed E-state index contributed by atoms with van der Waals surface area (Å²) in [4.78, 5) is 20.4. The van der Waals surface area contributed by atoms with E-state index >= 15 is 0 Å². The van der Waals surface area contributed by atoms with Gasteiger partial charge >= 0.3 is 0 Å². The number of nitrogens with one attached hydrogen (secondary N) is 1. The fourth-order valence-electron chi connectivity index (χ4n) is 5.42. The minimum atomic E-state index is -0.193. The molecule has 2 heterocycles. The largest absolute Gasteiger partial charge is 0.313 e. The number of thiophene rings is 1. The molecule has 6 heteroatoms. The van der Waals surface area contributed by atoms with Gasteiger partial charge in [-0.1, -0.05) is 36.4 Å². The summed E-state index contributed by atoms with van der Waals surface area (Å²) in [5.41, 5.74) is 5.17. The number of aryl methyl sites for hydroxylation is 1. The minimum Gasteiger partial charge on any atom is -0.313 e. The van der Waals surface area contributed by atoms with E-state index in [1.54, 1.807) is 17.7 Å². The van der Waals surface area contributed by atoms with E-state index in [-0.39, 0.29) is 17.4 Å². The predicted molar refractivity (Wildman–Crippen MR) is 131 cm³/mol. The van der Waals surface area contributed by atoms with Crippen LogP contribution in [-0.4, -0.2) is 22.1 Å². The molecule has 0 saturated carbocycles. The normalized spacial score (nSPS) is 17.9. The highest BCUT2D eigenvalue weighted by atomic mass is 32.1. The van der Waals surface area contributed by atoms with Crippen LogP contribution in [0.4, 0.5) is 4.39 Å². The van der Waals surface area contributed by atoms with Gasteiger partial charge in [0, 0.05) is 17.0 Å². The molecular formula is C27H26FN3OS. The molecule has 33 heavy (non-hydrogen) atoms. The summed E-state index contributed by atoms with van der Waals surface area (Å²) in [6.07, 6.45) is 7.31. The quantitative estimate of drug-likeness (QED) is 0.474. The molecule has 0 amide bonds. The summed E-state index contributed by atoms with van der Waals surface area (Å²) >= 11 is 1.68. The van der Waals surface area contributed by atoms with Crippen LogP contribution >= 0.6 is 11.3 Å². The van der Waals surface area contributed by atoms with Crippen molar-refractivity contribution in [1.82, 2.24) is 14.9 Å². The Morgan fingerprint density at radius 3 is 2.58 bits per heavy atom. The van der Waals surface area contributed by atoms with Crippen LogP contribution < -0.4 is 10.9 Å². The van der Waals surface area contributed by atoms with Crippen LogP contribution in [0.15, 0.2) is 59.7 Å². The lowest BCUT2D eigenvalue weighted by Gasteiger charge is -2.23. The zero-order valence-corrected chi connectivity index (χ0v) is 19.2. The lowest BCUT2D eigenvalue weighted by atomic mass is 9.93. The third-order valence-electron chi connectivity index (χ3n) is 7.18. The highest BCUT2D eigenvalue weighted by molar-refractivity contribution is 7.18. The third kappa shape index (κ3) is 3.91. The molecule has 2 aliphatic rings. The molecule has 0 aliphatic heterocycles. The fraction of sp³-hybridized carbons (Fsp3) is 0.333. The predicted octanol–water partition coefficient (Wildman–Crippen LogP) is 4.63. The van der Waals surface area contributed by atoms with Crippen molar-refractivity contribution in [2.24, 2.45) is 0 Å². The molecule has 1 atom stereocenters. The minimum absolute atomic E-state index is 0.123. The van der Waals surface area contributed by atoms with Crippen molar-refractivity contribution in [3.8, 4) is 0 Å². The first-order valence-corrected chi connectivity index (χ1v) is 12.5. The van der Waals surface area contributed by atoms with Crippen LogP contribution in [0, 0.1) is 5.82 Å². The molecule has 0 fully saturated rings. The van der Waals surface area contributed by atoms with Crippen LogP contribution in [-0.2, 0) is 32.1 Å². The van der Waals surface area contributed by atoms with Crippen molar-refractivity contribution in [3.05, 3.63) is 98.2 Å². The molecule has 4 nitrogen and oxygen atoms in total. The molecule has 1 unspecified atom stereocenters. The maximum Gasteiger partial charge on any atom is 0.262 e. The number of fused-ring (bicyclic) bond motifs is 4. The Hall–Kier alpha value is -2.83. The first-order valence-electron chi connectivity index (χ1n) is 11.7. The second-order valence-electron chi connectivity index (χ2n) is 9.24. The topological polar surface area (TPSA) is 46.9 Å². The number of halogens is 1.